The highest BCUT2D eigenvalue weighted by Gasteiger charge is 2.10. The van der Waals surface area contributed by atoms with Crippen molar-refractivity contribution in [2.24, 2.45) is 0 Å². The molecule has 0 aliphatic rings. The summed E-state index contributed by atoms with van der Waals surface area (Å²) in [6.07, 6.45) is -0.561. The second-order valence-electron chi connectivity index (χ2n) is 4.26. The quantitative estimate of drug-likeness (QED) is 0.841. The molecule has 2 aromatic carbocycles. The van der Waals surface area contributed by atoms with Crippen LogP contribution in [0.15, 0.2) is 40.9 Å². The number of methoxy groups -OCH3 is 1. The standard InChI is InChI=1S/C15H14BrClO3/c1-9(18)10-3-5-15(13(17)7-10)20-14-6-4-11(19-2)8-12(14)16/h3-9,18H,1-2H3/t9-/m0/s1. The smallest absolute Gasteiger partial charge is 0.146 e. The van der Waals surface area contributed by atoms with Gasteiger partial charge >= 0.3 is 0 Å². The van der Waals surface area contributed by atoms with Gasteiger partial charge in [-0.25, -0.2) is 0 Å². The van der Waals surface area contributed by atoms with E-state index in [-0.39, 0.29) is 0 Å². The Morgan fingerprint density at radius 1 is 1.15 bits per heavy atom. The van der Waals surface area contributed by atoms with Crippen molar-refractivity contribution < 1.29 is 14.6 Å². The number of benzene rings is 2. The van der Waals surface area contributed by atoms with Gasteiger partial charge in [-0.2, -0.15) is 0 Å². The third-order valence-corrected chi connectivity index (χ3v) is 3.71. The monoisotopic (exact) mass is 356 g/mol. The Hall–Kier alpha value is -1.23. The van der Waals surface area contributed by atoms with E-state index in [1.54, 1.807) is 44.4 Å². The van der Waals surface area contributed by atoms with Gasteiger partial charge in [-0.15, -0.1) is 0 Å². The van der Waals surface area contributed by atoms with E-state index in [2.05, 4.69) is 15.9 Å². The molecule has 0 spiro atoms. The molecule has 1 N–H and O–H groups in total. The van der Waals surface area contributed by atoms with E-state index in [4.69, 9.17) is 21.1 Å². The molecule has 0 radical (unpaired) electrons. The molecule has 0 unspecified atom stereocenters. The Morgan fingerprint density at radius 3 is 2.40 bits per heavy atom. The second kappa shape index (κ2) is 6.48. The minimum absolute atomic E-state index is 0.450. The summed E-state index contributed by atoms with van der Waals surface area (Å²) >= 11 is 9.58. The van der Waals surface area contributed by atoms with Gasteiger partial charge in [0.15, 0.2) is 0 Å². The fourth-order valence-electron chi connectivity index (χ4n) is 1.67. The molecule has 0 amide bonds. The lowest BCUT2D eigenvalue weighted by atomic mass is 10.1. The Bertz CT molecular complexity index is 614. The lowest BCUT2D eigenvalue weighted by molar-refractivity contribution is 0.199. The molecule has 0 saturated heterocycles. The summed E-state index contributed by atoms with van der Waals surface area (Å²) < 4.78 is 11.7. The van der Waals surface area contributed by atoms with Crippen molar-refractivity contribution in [1.82, 2.24) is 0 Å². The first-order valence-corrected chi connectivity index (χ1v) is 7.17. The highest BCUT2D eigenvalue weighted by Crippen LogP contribution is 2.36. The van der Waals surface area contributed by atoms with Crippen molar-refractivity contribution in [3.05, 3.63) is 51.5 Å². The molecule has 20 heavy (non-hydrogen) atoms. The minimum atomic E-state index is -0.561. The number of aliphatic hydroxyl groups excluding tert-OH is 1. The number of halogens is 2. The molecular formula is C15H14BrClO3. The highest BCUT2D eigenvalue weighted by molar-refractivity contribution is 9.10. The summed E-state index contributed by atoms with van der Waals surface area (Å²) in [6, 6.07) is 10.6. The van der Waals surface area contributed by atoms with E-state index in [9.17, 15) is 5.11 Å². The summed E-state index contributed by atoms with van der Waals surface area (Å²) in [5, 5.41) is 9.96. The normalized spacial score (nSPS) is 12.1. The van der Waals surface area contributed by atoms with Crippen LogP contribution in [0.4, 0.5) is 0 Å². The van der Waals surface area contributed by atoms with Gasteiger partial charge in [0.25, 0.3) is 0 Å². The highest BCUT2D eigenvalue weighted by atomic mass is 79.9. The molecule has 0 heterocycles. The molecule has 1 atom stereocenters. The first-order chi connectivity index (χ1) is 9.51. The van der Waals surface area contributed by atoms with E-state index in [1.165, 1.54) is 0 Å². The van der Waals surface area contributed by atoms with Crippen LogP contribution >= 0.6 is 27.5 Å². The molecule has 0 bridgehead atoms. The lowest BCUT2D eigenvalue weighted by Crippen LogP contribution is -1.93. The lowest BCUT2D eigenvalue weighted by Gasteiger charge is -2.12. The molecule has 106 valence electrons. The fourth-order valence-corrected chi connectivity index (χ4v) is 2.34. The molecule has 2 aromatic rings. The molecule has 0 saturated carbocycles. The summed E-state index contributed by atoms with van der Waals surface area (Å²) in [6.45, 7) is 1.69. The Labute approximate surface area is 131 Å². The predicted octanol–water partition coefficient (Wildman–Crippen LogP) is 4.96. The summed E-state index contributed by atoms with van der Waals surface area (Å²) in [5.41, 5.74) is 0.746. The van der Waals surface area contributed by atoms with Gasteiger partial charge in [-0.05, 0) is 58.7 Å². The van der Waals surface area contributed by atoms with Crippen molar-refractivity contribution in [2.75, 3.05) is 7.11 Å². The third-order valence-electron chi connectivity index (χ3n) is 2.80. The Kier molecular flexibility index (Phi) is 4.91. The van der Waals surface area contributed by atoms with Gasteiger partial charge in [-0.1, -0.05) is 17.7 Å². The maximum Gasteiger partial charge on any atom is 0.146 e. The van der Waals surface area contributed by atoms with Crippen molar-refractivity contribution in [3.63, 3.8) is 0 Å². The van der Waals surface area contributed by atoms with Crippen LogP contribution in [0.3, 0.4) is 0 Å². The molecule has 5 heteroatoms. The molecule has 0 fully saturated rings. The predicted molar refractivity (Wildman–Crippen MR) is 82.9 cm³/mol. The van der Waals surface area contributed by atoms with Gasteiger partial charge in [-0.3, -0.25) is 0 Å². The van der Waals surface area contributed by atoms with Crippen molar-refractivity contribution >= 4 is 27.5 Å². The number of hydrogen-bond acceptors (Lipinski definition) is 3. The van der Waals surface area contributed by atoms with Gasteiger partial charge in [0.1, 0.15) is 17.2 Å². The van der Waals surface area contributed by atoms with Crippen LogP contribution < -0.4 is 9.47 Å². The molecule has 0 aliphatic heterocycles. The van der Waals surface area contributed by atoms with Crippen LogP contribution in [0.1, 0.15) is 18.6 Å². The number of ether oxygens (including phenoxy) is 2. The molecule has 3 nitrogen and oxygen atoms in total. The largest absolute Gasteiger partial charge is 0.497 e. The van der Waals surface area contributed by atoms with Gasteiger partial charge in [0.2, 0.25) is 0 Å². The Balaban J connectivity index is 2.26. The van der Waals surface area contributed by atoms with Crippen molar-refractivity contribution in [2.45, 2.75) is 13.0 Å². The average molecular weight is 358 g/mol. The summed E-state index contributed by atoms with van der Waals surface area (Å²) in [7, 11) is 1.61. The number of rotatable bonds is 4. The number of aliphatic hydroxyl groups is 1. The number of hydrogen-bond donors (Lipinski definition) is 1. The van der Waals surface area contributed by atoms with Gasteiger partial charge < -0.3 is 14.6 Å². The fraction of sp³-hybridized carbons (Fsp3) is 0.200. The van der Waals surface area contributed by atoms with Crippen LogP contribution in [0, 0.1) is 0 Å². The second-order valence-corrected chi connectivity index (χ2v) is 5.53. The summed E-state index contributed by atoms with van der Waals surface area (Å²) in [4.78, 5) is 0. The van der Waals surface area contributed by atoms with Gasteiger partial charge in [0, 0.05) is 0 Å². The van der Waals surface area contributed by atoms with E-state index >= 15 is 0 Å². The van der Waals surface area contributed by atoms with E-state index in [0.717, 1.165) is 15.8 Å². The zero-order valence-corrected chi connectivity index (χ0v) is 13.4. The van der Waals surface area contributed by atoms with E-state index < -0.39 is 6.10 Å². The topological polar surface area (TPSA) is 38.7 Å². The van der Waals surface area contributed by atoms with Crippen molar-refractivity contribution in [3.8, 4) is 17.2 Å². The molecule has 0 aliphatic carbocycles. The molecule has 2 rings (SSSR count). The zero-order valence-electron chi connectivity index (χ0n) is 11.1. The van der Waals surface area contributed by atoms with Crippen LogP contribution in [-0.2, 0) is 0 Å². The van der Waals surface area contributed by atoms with E-state index in [0.29, 0.717) is 16.5 Å². The van der Waals surface area contributed by atoms with Crippen LogP contribution in [0.2, 0.25) is 5.02 Å². The Morgan fingerprint density at radius 2 is 1.85 bits per heavy atom. The van der Waals surface area contributed by atoms with Crippen LogP contribution in [0.25, 0.3) is 0 Å². The van der Waals surface area contributed by atoms with Crippen molar-refractivity contribution in [1.29, 1.82) is 0 Å². The van der Waals surface area contributed by atoms with Crippen LogP contribution in [-0.4, -0.2) is 12.2 Å². The van der Waals surface area contributed by atoms with E-state index in [1.807, 2.05) is 6.07 Å². The van der Waals surface area contributed by atoms with Crippen LogP contribution in [0.5, 0.6) is 17.2 Å². The SMILES string of the molecule is COc1ccc(Oc2ccc([C@H](C)O)cc2Cl)c(Br)c1. The third kappa shape index (κ3) is 3.45. The maximum absolute atomic E-state index is 9.51. The van der Waals surface area contributed by atoms with Gasteiger partial charge in [0.05, 0.1) is 22.7 Å². The minimum Gasteiger partial charge on any atom is -0.497 e. The average Bonchev–Trinajstić information content (AvgIpc) is 2.42. The first kappa shape index (κ1) is 15.2. The summed E-state index contributed by atoms with van der Waals surface area (Å²) in [5.74, 6) is 1.90. The molecule has 0 aromatic heterocycles. The molecular weight excluding hydrogens is 344 g/mol. The maximum atomic E-state index is 9.51. The zero-order chi connectivity index (χ0) is 14.7. The first-order valence-electron chi connectivity index (χ1n) is 6.00.